The topological polar surface area (TPSA) is 64.1 Å². The van der Waals surface area contributed by atoms with Gasteiger partial charge in [0, 0.05) is 6.54 Å². The summed E-state index contributed by atoms with van der Waals surface area (Å²) in [4.78, 5) is 4.58. The summed E-state index contributed by atoms with van der Waals surface area (Å²) in [5.74, 6) is 1.18. The lowest BCUT2D eigenvalue weighted by Gasteiger charge is -2.17. The first-order chi connectivity index (χ1) is 8.15. The third-order valence-electron chi connectivity index (χ3n) is 3.02. The van der Waals surface area contributed by atoms with Crippen molar-refractivity contribution in [3.63, 3.8) is 0 Å². The highest BCUT2D eigenvalue weighted by atomic mass is 16.3. The molecule has 2 aromatic rings. The second kappa shape index (κ2) is 4.85. The summed E-state index contributed by atoms with van der Waals surface area (Å²) in [6.45, 7) is 4.79. The van der Waals surface area contributed by atoms with Crippen LogP contribution in [0.4, 0.5) is 0 Å². The smallest absolute Gasteiger partial charge is 0.127 e. The number of hydrogen-bond donors (Lipinski definition) is 2. The predicted molar refractivity (Wildman–Crippen MR) is 68.6 cm³/mol. The van der Waals surface area contributed by atoms with Crippen molar-refractivity contribution >= 4 is 11.0 Å². The van der Waals surface area contributed by atoms with Crippen LogP contribution in [0.25, 0.3) is 11.0 Å². The summed E-state index contributed by atoms with van der Waals surface area (Å²) in [5, 5.41) is 9.15. The van der Waals surface area contributed by atoms with Crippen molar-refractivity contribution in [1.29, 1.82) is 0 Å². The van der Waals surface area contributed by atoms with E-state index in [1.807, 2.05) is 28.8 Å². The molecule has 0 aliphatic heterocycles. The van der Waals surface area contributed by atoms with Crippen LogP contribution in [-0.2, 0) is 6.54 Å². The van der Waals surface area contributed by atoms with E-state index in [4.69, 9.17) is 10.8 Å². The number of nitrogens with zero attached hydrogens (tertiary/aromatic N) is 2. The molecule has 4 heteroatoms. The zero-order valence-electron chi connectivity index (χ0n) is 10.3. The molecule has 1 unspecified atom stereocenters. The fraction of sp³-hybridized carbons (Fsp3) is 0.462. The number of aliphatic hydroxyl groups excluding tert-OH is 1. The van der Waals surface area contributed by atoms with Gasteiger partial charge in [-0.25, -0.2) is 4.98 Å². The molecular formula is C13H19N3O. The molecule has 1 aromatic carbocycles. The maximum Gasteiger partial charge on any atom is 0.127 e. The zero-order chi connectivity index (χ0) is 12.4. The highest BCUT2D eigenvalue weighted by Gasteiger charge is 2.18. The molecule has 0 amide bonds. The molecule has 0 aliphatic carbocycles. The molecule has 92 valence electrons. The van der Waals surface area contributed by atoms with Gasteiger partial charge in [0.2, 0.25) is 0 Å². The Hall–Kier alpha value is -1.39. The Kier molecular flexibility index (Phi) is 3.45. The number of rotatable bonds is 4. The molecule has 4 nitrogen and oxygen atoms in total. The average Bonchev–Trinajstić information content (AvgIpc) is 2.68. The number of hydrogen-bond acceptors (Lipinski definition) is 3. The van der Waals surface area contributed by atoms with Crippen LogP contribution < -0.4 is 5.73 Å². The highest BCUT2D eigenvalue weighted by molar-refractivity contribution is 5.76. The van der Waals surface area contributed by atoms with Gasteiger partial charge in [-0.15, -0.1) is 0 Å². The van der Waals surface area contributed by atoms with Gasteiger partial charge < -0.3 is 15.4 Å². The Morgan fingerprint density at radius 2 is 2.06 bits per heavy atom. The van der Waals surface area contributed by atoms with E-state index in [0.717, 1.165) is 16.9 Å². The minimum absolute atomic E-state index is 0.0954. The molecule has 0 spiro atoms. The van der Waals surface area contributed by atoms with Gasteiger partial charge in [-0.3, -0.25) is 0 Å². The lowest BCUT2D eigenvalue weighted by Crippen LogP contribution is -2.22. The van der Waals surface area contributed by atoms with E-state index in [2.05, 4.69) is 18.8 Å². The number of para-hydroxylation sites is 2. The fourth-order valence-electron chi connectivity index (χ4n) is 1.98. The maximum atomic E-state index is 9.15. The predicted octanol–water partition coefficient (Wildman–Crippen LogP) is 1.68. The van der Waals surface area contributed by atoms with Crippen molar-refractivity contribution in [2.75, 3.05) is 6.61 Å². The molecular weight excluding hydrogens is 214 g/mol. The number of benzene rings is 1. The summed E-state index contributed by atoms with van der Waals surface area (Å²) in [6.07, 6.45) is 0. The molecule has 1 aromatic heterocycles. The van der Waals surface area contributed by atoms with Gasteiger partial charge in [0.25, 0.3) is 0 Å². The molecule has 0 aliphatic rings. The van der Waals surface area contributed by atoms with Crippen molar-refractivity contribution in [2.24, 2.45) is 11.7 Å². The highest BCUT2D eigenvalue weighted by Crippen LogP contribution is 2.23. The summed E-state index contributed by atoms with van der Waals surface area (Å²) < 4.78 is 2.01. The first kappa shape index (κ1) is 12.1. The van der Waals surface area contributed by atoms with Gasteiger partial charge in [0.15, 0.2) is 0 Å². The van der Waals surface area contributed by atoms with E-state index in [1.54, 1.807) is 0 Å². The van der Waals surface area contributed by atoms with Crippen LogP contribution in [-0.4, -0.2) is 21.3 Å². The maximum absolute atomic E-state index is 9.15. The minimum atomic E-state index is -0.103. The molecule has 1 heterocycles. The van der Waals surface area contributed by atoms with Crippen molar-refractivity contribution in [3.05, 3.63) is 30.1 Å². The number of aliphatic hydroxyl groups is 1. The van der Waals surface area contributed by atoms with Crippen molar-refractivity contribution < 1.29 is 5.11 Å². The van der Waals surface area contributed by atoms with E-state index in [0.29, 0.717) is 12.5 Å². The quantitative estimate of drug-likeness (QED) is 0.844. The van der Waals surface area contributed by atoms with Crippen LogP contribution in [0, 0.1) is 5.92 Å². The number of aromatic nitrogens is 2. The monoisotopic (exact) mass is 233 g/mol. The Labute approximate surface area is 101 Å². The van der Waals surface area contributed by atoms with E-state index in [1.165, 1.54) is 0 Å². The standard InChI is InChI=1S/C13H19N3O/c1-9(2)12(14)13-15-10-5-3-4-6-11(10)16(13)7-8-17/h3-6,9,12,17H,7-8,14H2,1-2H3. The van der Waals surface area contributed by atoms with Crippen LogP contribution in [0.3, 0.4) is 0 Å². The molecule has 1 atom stereocenters. The fourth-order valence-corrected chi connectivity index (χ4v) is 1.98. The van der Waals surface area contributed by atoms with Gasteiger partial charge >= 0.3 is 0 Å². The summed E-state index contributed by atoms with van der Waals surface area (Å²) in [7, 11) is 0. The normalized spacial score (nSPS) is 13.5. The van der Waals surface area contributed by atoms with Gasteiger partial charge in [-0.2, -0.15) is 0 Å². The molecule has 2 rings (SSSR count). The van der Waals surface area contributed by atoms with Crippen molar-refractivity contribution in [3.8, 4) is 0 Å². The largest absolute Gasteiger partial charge is 0.395 e. The number of imidazole rings is 1. The van der Waals surface area contributed by atoms with E-state index < -0.39 is 0 Å². The lowest BCUT2D eigenvalue weighted by molar-refractivity contribution is 0.273. The SMILES string of the molecule is CC(C)C(N)c1nc2ccccc2n1CCO. The lowest BCUT2D eigenvalue weighted by atomic mass is 10.1. The minimum Gasteiger partial charge on any atom is -0.395 e. The molecule has 17 heavy (non-hydrogen) atoms. The Bertz CT molecular complexity index is 504. The second-order valence-electron chi connectivity index (χ2n) is 4.60. The molecule has 0 saturated heterocycles. The van der Waals surface area contributed by atoms with Crippen LogP contribution >= 0.6 is 0 Å². The van der Waals surface area contributed by atoms with Crippen LogP contribution in [0.1, 0.15) is 25.7 Å². The van der Waals surface area contributed by atoms with Crippen LogP contribution in [0.2, 0.25) is 0 Å². The van der Waals surface area contributed by atoms with Crippen molar-refractivity contribution in [1.82, 2.24) is 9.55 Å². The summed E-state index contributed by atoms with van der Waals surface area (Å²) in [6, 6.07) is 7.81. The van der Waals surface area contributed by atoms with Gasteiger partial charge in [-0.1, -0.05) is 26.0 Å². The molecule has 0 saturated carbocycles. The third kappa shape index (κ3) is 2.18. The summed E-state index contributed by atoms with van der Waals surface area (Å²) >= 11 is 0. The van der Waals surface area contributed by atoms with Gasteiger partial charge in [0.1, 0.15) is 5.82 Å². The molecule has 0 fully saturated rings. The Morgan fingerprint density at radius 1 is 1.35 bits per heavy atom. The number of nitrogens with two attached hydrogens (primary N) is 1. The van der Waals surface area contributed by atoms with Gasteiger partial charge in [0.05, 0.1) is 23.7 Å². The van der Waals surface area contributed by atoms with E-state index >= 15 is 0 Å². The third-order valence-corrected chi connectivity index (χ3v) is 3.02. The van der Waals surface area contributed by atoms with Crippen LogP contribution in [0.15, 0.2) is 24.3 Å². The Morgan fingerprint density at radius 3 is 2.71 bits per heavy atom. The van der Waals surface area contributed by atoms with Crippen molar-refractivity contribution in [2.45, 2.75) is 26.4 Å². The zero-order valence-corrected chi connectivity index (χ0v) is 10.3. The van der Waals surface area contributed by atoms with Crippen LogP contribution in [0.5, 0.6) is 0 Å². The molecule has 0 bridgehead atoms. The molecule has 3 N–H and O–H groups in total. The average molecular weight is 233 g/mol. The first-order valence-corrected chi connectivity index (χ1v) is 5.96. The molecule has 0 radical (unpaired) electrons. The van der Waals surface area contributed by atoms with E-state index in [9.17, 15) is 0 Å². The van der Waals surface area contributed by atoms with E-state index in [-0.39, 0.29) is 12.6 Å². The van der Waals surface area contributed by atoms with Gasteiger partial charge in [-0.05, 0) is 18.1 Å². The second-order valence-corrected chi connectivity index (χ2v) is 4.60. The summed E-state index contributed by atoms with van der Waals surface area (Å²) in [5.41, 5.74) is 8.14. The Balaban J connectivity index is 2.57. The first-order valence-electron chi connectivity index (χ1n) is 5.96. The number of fused-ring (bicyclic) bond motifs is 1.